The van der Waals surface area contributed by atoms with Gasteiger partial charge in [0.15, 0.2) is 0 Å². The van der Waals surface area contributed by atoms with Gasteiger partial charge in [-0.1, -0.05) is 162 Å². The van der Waals surface area contributed by atoms with Gasteiger partial charge in [0.05, 0.1) is 27.9 Å². The van der Waals surface area contributed by atoms with Crippen LogP contribution in [0.2, 0.25) is 0 Å². The smallest absolute Gasteiger partial charge is 0.148 e. The van der Waals surface area contributed by atoms with Gasteiger partial charge in [-0.05, 0) is 87.9 Å². The van der Waals surface area contributed by atoms with E-state index in [-0.39, 0.29) is 32.4 Å². The van der Waals surface area contributed by atoms with Gasteiger partial charge in [-0.25, -0.2) is 4.98 Å². The second kappa shape index (κ2) is 15.7. The van der Waals surface area contributed by atoms with Crippen molar-refractivity contribution in [2.24, 2.45) is 0 Å². The van der Waals surface area contributed by atoms with Gasteiger partial charge in [0, 0.05) is 42.6 Å². The molecule has 1 N–H and O–H groups in total. The topological polar surface area (TPSA) is 64.1 Å². The Labute approximate surface area is 371 Å². The molecular formula is C55H36N3O2Pt-. The number of pyridine rings is 1. The average Bonchev–Trinajstić information content (AvgIpc) is 3.90. The van der Waals surface area contributed by atoms with Gasteiger partial charge < -0.3 is 9.52 Å². The van der Waals surface area contributed by atoms with Crippen LogP contribution in [0.1, 0.15) is 9.68 Å². The van der Waals surface area contributed by atoms with E-state index in [2.05, 4.69) is 54.6 Å². The minimum atomic E-state index is -2.33. The van der Waals surface area contributed by atoms with Crippen LogP contribution in [0.4, 0.5) is 0 Å². The zero-order valence-electron chi connectivity index (χ0n) is 35.5. The van der Waals surface area contributed by atoms with Crippen molar-refractivity contribution in [1.82, 2.24) is 14.5 Å². The summed E-state index contributed by atoms with van der Waals surface area (Å²) in [7, 11) is 0. The SMILES string of the molecule is [2H]C([2H])([2H])c1ccc(-n2c(-c3ccccc3O)nc3c(-c4[c-]c(-c5cc(-c6ccc(-c7ccccc7)cc6)ccn5)cc5oc6ccccc6c45)cccc32)c(-c2ccccc2)c1.[Pt]. The summed E-state index contributed by atoms with van der Waals surface area (Å²) in [5, 5.41) is 13.2. The zero-order chi connectivity index (χ0) is 42.7. The summed E-state index contributed by atoms with van der Waals surface area (Å²) in [6.07, 6.45) is 1.83. The first-order valence-electron chi connectivity index (χ1n) is 21.3. The average molecular weight is 969 g/mol. The molecule has 0 aliphatic rings. The van der Waals surface area contributed by atoms with Gasteiger partial charge in [0.2, 0.25) is 0 Å². The first-order valence-corrected chi connectivity index (χ1v) is 19.8. The van der Waals surface area contributed by atoms with Crippen LogP contribution in [0, 0.1) is 12.9 Å². The fourth-order valence-corrected chi connectivity index (χ4v) is 8.34. The first kappa shape index (κ1) is 34.5. The van der Waals surface area contributed by atoms with Gasteiger partial charge in [-0.2, -0.15) is 0 Å². The van der Waals surface area contributed by atoms with Crippen LogP contribution in [-0.2, 0) is 21.1 Å². The molecule has 0 saturated heterocycles. The van der Waals surface area contributed by atoms with E-state index < -0.39 is 6.85 Å². The molecular weight excluding hydrogens is 930 g/mol. The molecule has 61 heavy (non-hydrogen) atoms. The van der Waals surface area contributed by atoms with Crippen molar-refractivity contribution in [2.75, 3.05) is 0 Å². The molecule has 11 rings (SSSR count). The van der Waals surface area contributed by atoms with Gasteiger partial charge in [0.25, 0.3) is 0 Å². The number of phenolic OH excluding ortho intramolecular Hbond substituents is 1. The van der Waals surface area contributed by atoms with E-state index in [0.29, 0.717) is 33.7 Å². The molecule has 0 atom stereocenters. The van der Waals surface area contributed by atoms with E-state index in [1.165, 1.54) is 0 Å². The van der Waals surface area contributed by atoms with Crippen molar-refractivity contribution in [2.45, 2.75) is 6.85 Å². The number of furan rings is 1. The van der Waals surface area contributed by atoms with Crippen LogP contribution in [0.25, 0.3) is 106 Å². The molecule has 3 heterocycles. The van der Waals surface area contributed by atoms with Gasteiger partial charge in [0.1, 0.15) is 17.2 Å². The second-order valence-corrected chi connectivity index (χ2v) is 14.8. The zero-order valence-corrected chi connectivity index (χ0v) is 34.8. The number of nitrogens with zero attached hydrogens (tertiary/aromatic N) is 3. The Morgan fingerprint density at radius 1 is 0.590 bits per heavy atom. The number of fused-ring (bicyclic) bond motifs is 4. The molecule has 0 spiro atoms. The summed E-state index contributed by atoms with van der Waals surface area (Å²) in [5.41, 5.74) is 13.3. The van der Waals surface area contributed by atoms with Crippen molar-refractivity contribution in [3.05, 3.63) is 206 Å². The van der Waals surface area contributed by atoms with E-state index >= 15 is 0 Å². The fraction of sp³-hybridized carbons (Fsp3) is 0.0182. The Hall–Kier alpha value is -7.33. The first-order chi connectivity index (χ1) is 30.8. The summed E-state index contributed by atoms with van der Waals surface area (Å²) in [6.45, 7) is -2.33. The monoisotopic (exact) mass is 968 g/mol. The molecule has 6 heteroatoms. The molecule has 0 unspecified atom stereocenters. The van der Waals surface area contributed by atoms with Crippen LogP contribution in [0.3, 0.4) is 0 Å². The number of hydrogen-bond donors (Lipinski definition) is 1. The van der Waals surface area contributed by atoms with E-state index in [9.17, 15) is 5.11 Å². The number of aryl methyl sites for hydroxylation is 1. The predicted octanol–water partition coefficient (Wildman–Crippen LogP) is 14.1. The van der Waals surface area contributed by atoms with Gasteiger partial charge >= 0.3 is 0 Å². The number of imidazole rings is 1. The molecule has 11 aromatic rings. The number of phenols is 1. The van der Waals surface area contributed by atoms with Crippen LogP contribution in [-0.4, -0.2) is 19.6 Å². The van der Waals surface area contributed by atoms with Gasteiger partial charge in [-0.15, -0.1) is 11.6 Å². The molecule has 0 bridgehead atoms. The van der Waals surface area contributed by atoms with Crippen LogP contribution < -0.4 is 0 Å². The summed E-state index contributed by atoms with van der Waals surface area (Å²) < 4.78 is 33.5. The number of hydrogen-bond acceptors (Lipinski definition) is 4. The molecule has 8 aromatic carbocycles. The maximum atomic E-state index is 11.4. The molecule has 0 amide bonds. The van der Waals surface area contributed by atoms with E-state index in [1.54, 1.807) is 24.3 Å². The molecule has 0 aliphatic heterocycles. The maximum absolute atomic E-state index is 11.4. The molecule has 5 nitrogen and oxygen atoms in total. The number of aromatic hydroxyl groups is 1. The summed E-state index contributed by atoms with van der Waals surface area (Å²) in [5.74, 6) is 0.555. The molecule has 0 aliphatic carbocycles. The quantitative estimate of drug-likeness (QED) is 0.162. The second-order valence-electron chi connectivity index (χ2n) is 14.8. The number of benzene rings is 8. The Bertz CT molecular complexity index is 3510. The minimum absolute atomic E-state index is 0. The number of para-hydroxylation sites is 3. The van der Waals surface area contributed by atoms with Crippen molar-refractivity contribution in [3.63, 3.8) is 0 Å². The Morgan fingerprint density at radius 2 is 1.28 bits per heavy atom. The predicted molar refractivity (Wildman–Crippen MR) is 244 cm³/mol. The Morgan fingerprint density at radius 3 is 2.07 bits per heavy atom. The Balaban J connectivity index is 0.00000484. The Kier molecular flexibility index (Phi) is 8.88. The standard InChI is InChI=1S/C55H36N3O2.Pt/c1-35-23-28-48(45(31-35)39-15-6-3-7-16-39)58-49-20-12-19-42(54(49)57-55(58)43-17-8-10-21-50(43)59)46-32-41(34-52-53(46)44-18-9-11-22-51(44)60-52)47-33-40(29-30-56-47)38-26-24-37(25-27-38)36-13-4-2-5-14-36;/h2-31,33-34,59H,1H3;/q-1;/i1D3;. The summed E-state index contributed by atoms with van der Waals surface area (Å²) in [4.78, 5) is 10.3. The van der Waals surface area contributed by atoms with Crippen molar-refractivity contribution in [3.8, 4) is 78.6 Å². The third-order valence-corrected chi connectivity index (χ3v) is 11.2. The number of aromatic nitrogens is 3. The summed E-state index contributed by atoms with van der Waals surface area (Å²) in [6, 6.07) is 64.9. The van der Waals surface area contributed by atoms with E-state index in [4.69, 9.17) is 18.5 Å². The largest absolute Gasteiger partial charge is 0.507 e. The molecule has 3 aromatic heterocycles. The summed E-state index contributed by atoms with van der Waals surface area (Å²) >= 11 is 0. The van der Waals surface area contributed by atoms with Crippen molar-refractivity contribution >= 4 is 33.0 Å². The molecule has 0 fully saturated rings. The molecule has 294 valence electrons. The molecule has 0 radical (unpaired) electrons. The fourth-order valence-electron chi connectivity index (χ4n) is 8.34. The van der Waals surface area contributed by atoms with E-state index in [1.807, 2.05) is 126 Å². The third-order valence-electron chi connectivity index (χ3n) is 11.2. The van der Waals surface area contributed by atoms with Crippen LogP contribution in [0.15, 0.2) is 199 Å². The van der Waals surface area contributed by atoms with Crippen molar-refractivity contribution < 1.29 is 34.7 Å². The maximum Gasteiger partial charge on any atom is 0.148 e. The molecule has 0 saturated carbocycles. The van der Waals surface area contributed by atoms with Crippen molar-refractivity contribution in [1.29, 1.82) is 0 Å². The third kappa shape index (κ3) is 6.74. The minimum Gasteiger partial charge on any atom is -0.507 e. The normalized spacial score (nSPS) is 12.2. The van der Waals surface area contributed by atoms with E-state index in [0.717, 1.165) is 72.1 Å². The number of rotatable bonds is 7. The van der Waals surface area contributed by atoms with Crippen LogP contribution >= 0.6 is 0 Å². The van der Waals surface area contributed by atoms with Gasteiger partial charge in [-0.3, -0.25) is 9.55 Å². The van der Waals surface area contributed by atoms with Crippen LogP contribution in [0.5, 0.6) is 5.75 Å².